The minimum absolute atomic E-state index is 0.0913. The van der Waals surface area contributed by atoms with Crippen molar-refractivity contribution in [1.29, 1.82) is 0 Å². The number of fused-ring (bicyclic) bond motifs is 6. The first-order valence-electron chi connectivity index (χ1n) is 14.6. The van der Waals surface area contributed by atoms with E-state index in [4.69, 9.17) is 14.4 Å². The van der Waals surface area contributed by atoms with Crippen molar-refractivity contribution in [3.8, 4) is 22.6 Å². The lowest BCUT2D eigenvalue weighted by Crippen LogP contribution is -2.51. The van der Waals surface area contributed by atoms with Crippen LogP contribution in [-0.2, 0) is 4.79 Å². The van der Waals surface area contributed by atoms with Gasteiger partial charge in [-0.25, -0.2) is 18.7 Å². The molecule has 0 aliphatic heterocycles. The Bertz CT molecular complexity index is 2180. The number of carboxylic acids is 1. The van der Waals surface area contributed by atoms with Crippen molar-refractivity contribution in [2.24, 2.45) is 17.8 Å². The highest BCUT2D eigenvalue weighted by Gasteiger charge is 2.47. The molecule has 3 heterocycles. The summed E-state index contributed by atoms with van der Waals surface area (Å²) in [4.78, 5) is 37.9. The quantitative estimate of drug-likeness (QED) is 0.182. The summed E-state index contributed by atoms with van der Waals surface area (Å²) in [6.45, 7) is 0. The predicted octanol–water partition coefficient (Wildman–Crippen LogP) is 7.13. The summed E-state index contributed by atoms with van der Waals surface area (Å²) in [5, 5.41) is 14.7. The maximum absolute atomic E-state index is 14.6. The van der Waals surface area contributed by atoms with Crippen LogP contribution in [0.15, 0.2) is 76.1 Å². The molecule has 3 saturated carbocycles. The van der Waals surface area contributed by atoms with E-state index in [-0.39, 0.29) is 40.0 Å². The van der Waals surface area contributed by atoms with E-state index in [1.54, 1.807) is 48.5 Å². The third-order valence-corrected chi connectivity index (χ3v) is 9.37. The van der Waals surface area contributed by atoms with Crippen LogP contribution in [0.5, 0.6) is 0 Å². The highest BCUT2D eigenvalue weighted by atomic mass is 19.1. The fourth-order valence-electron chi connectivity index (χ4n) is 7.27. The van der Waals surface area contributed by atoms with E-state index < -0.39 is 23.5 Å². The zero-order valence-corrected chi connectivity index (χ0v) is 23.3. The molecular formula is C34H26F2N4O4. The fraction of sp³-hybridized carbons (Fsp3) is 0.235. The van der Waals surface area contributed by atoms with Crippen LogP contribution in [0.25, 0.3) is 55.5 Å². The molecule has 0 saturated heterocycles. The van der Waals surface area contributed by atoms with Gasteiger partial charge in [-0.15, -0.1) is 0 Å². The molecule has 0 radical (unpaired) electrons. The first kappa shape index (κ1) is 26.5. The van der Waals surface area contributed by atoms with Crippen molar-refractivity contribution in [2.75, 3.05) is 5.32 Å². The number of aromatic amines is 1. The zero-order valence-electron chi connectivity index (χ0n) is 23.3. The van der Waals surface area contributed by atoms with Crippen LogP contribution in [0.1, 0.15) is 25.7 Å². The molecule has 2 atom stereocenters. The minimum atomic E-state index is -0.828. The Labute approximate surface area is 248 Å². The van der Waals surface area contributed by atoms with Crippen molar-refractivity contribution in [3.05, 3.63) is 88.7 Å². The number of para-hydroxylation sites is 1. The van der Waals surface area contributed by atoms with Gasteiger partial charge in [0.1, 0.15) is 28.6 Å². The van der Waals surface area contributed by atoms with Crippen molar-refractivity contribution >= 4 is 44.6 Å². The molecule has 2 bridgehead atoms. The van der Waals surface area contributed by atoms with Gasteiger partial charge in [0, 0.05) is 40.9 Å². The van der Waals surface area contributed by atoms with Crippen LogP contribution in [0.2, 0.25) is 0 Å². The number of rotatable bonds is 5. The number of carbonyl (C=O) groups is 1. The fourth-order valence-corrected chi connectivity index (χ4v) is 7.27. The number of hydrogen-bond acceptors (Lipinski definition) is 6. The van der Waals surface area contributed by atoms with E-state index >= 15 is 0 Å². The van der Waals surface area contributed by atoms with Gasteiger partial charge < -0.3 is 19.8 Å². The summed E-state index contributed by atoms with van der Waals surface area (Å²) in [6, 6.07) is 15.7. The zero-order chi connectivity index (χ0) is 30.1. The standard InChI is InChI=1S/C34H26F2N4O4/c35-19-12-22-23(15-37-31(22)24(36)13-19)33-38-25(14-28(40-33)39-30-17-7-5-16(6-8-17)29(30)34(42)43)18-9-10-21-27(11-18)44-26-4-2-1-3-20(26)32(21)41/h1-4,9-17,29-30,37H,5-8H2,(H,42,43)(H,38,39,40)/t16?,17?,29-,30-/m0/s1. The molecule has 3 aromatic carbocycles. The monoisotopic (exact) mass is 592 g/mol. The Morgan fingerprint density at radius 2 is 1.68 bits per heavy atom. The maximum atomic E-state index is 14.6. The van der Waals surface area contributed by atoms with Gasteiger partial charge in [0.25, 0.3) is 0 Å². The normalized spacial score (nSPS) is 21.3. The number of nitrogens with one attached hydrogen (secondary N) is 2. The molecular weight excluding hydrogens is 566 g/mol. The molecule has 3 aliphatic carbocycles. The second-order valence-electron chi connectivity index (χ2n) is 11.8. The largest absolute Gasteiger partial charge is 0.481 e. The number of H-pyrrole nitrogens is 1. The topological polar surface area (TPSA) is 121 Å². The van der Waals surface area contributed by atoms with E-state index in [2.05, 4.69) is 10.3 Å². The van der Waals surface area contributed by atoms with E-state index in [0.29, 0.717) is 44.6 Å². The third kappa shape index (κ3) is 4.24. The van der Waals surface area contributed by atoms with E-state index in [1.807, 2.05) is 0 Å². The molecule has 0 amide bonds. The highest BCUT2D eigenvalue weighted by Crippen LogP contribution is 2.46. The van der Waals surface area contributed by atoms with Crippen molar-refractivity contribution < 1.29 is 23.1 Å². The second kappa shape index (κ2) is 9.97. The van der Waals surface area contributed by atoms with Crippen LogP contribution in [-0.4, -0.2) is 32.1 Å². The van der Waals surface area contributed by atoms with Crippen LogP contribution in [0.4, 0.5) is 14.6 Å². The number of halogens is 2. The van der Waals surface area contributed by atoms with Crippen LogP contribution in [0, 0.1) is 29.4 Å². The molecule has 9 rings (SSSR count). The molecule has 3 aromatic heterocycles. The highest BCUT2D eigenvalue weighted by molar-refractivity contribution is 5.95. The lowest BCUT2D eigenvalue weighted by molar-refractivity contribution is -0.148. The van der Waals surface area contributed by atoms with E-state index in [0.717, 1.165) is 31.7 Å². The number of aromatic nitrogens is 3. The predicted molar refractivity (Wildman–Crippen MR) is 162 cm³/mol. The van der Waals surface area contributed by atoms with Gasteiger partial charge in [-0.05, 0) is 67.9 Å². The molecule has 8 nitrogen and oxygen atoms in total. The Kier molecular flexibility index (Phi) is 6.01. The van der Waals surface area contributed by atoms with Crippen LogP contribution < -0.4 is 10.7 Å². The average molecular weight is 593 g/mol. The Balaban J connectivity index is 1.30. The molecule has 3 N–H and O–H groups in total. The second-order valence-corrected chi connectivity index (χ2v) is 11.8. The minimum Gasteiger partial charge on any atom is -0.481 e. The third-order valence-electron chi connectivity index (χ3n) is 9.37. The van der Waals surface area contributed by atoms with E-state index in [1.165, 1.54) is 12.3 Å². The van der Waals surface area contributed by atoms with Crippen molar-refractivity contribution in [2.45, 2.75) is 31.7 Å². The van der Waals surface area contributed by atoms with Gasteiger partial charge in [0.15, 0.2) is 5.82 Å². The molecule has 10 heteroatoms. The Morgan fingerprint density at radius 3 is 2.50 bits per heavy atom. The van der Waals surface area contributed by atoms with Gasteiger partial charge in [-0.2, -0.15) is 0 Å². The molecule has 6 aromatic rings. The van der Waals surface area contributed by atoms with Gasteiger partial charge in [0.05, 0.1) is 27.9 Å². The first-order chi connectivity index (χ1) is 21.3. The molecule has 0 unspecified atom stereocenters. The maximum Gasteiger partial charge on any atom is 0.308 e. The number of aliphatic carboxylic acids is 1. The first-order valence-corrected chi connectivity index (χ1v) is 14.6. The van der Waals surface area contributed by atoms with Crippen LogP contribution >= 0.6 is 0 Å². The summed E-state index contributed by atoms with van der Waals surface area (Å²) in [5.74, 6) is -1.97. The summed E-state index contributed by atoms with van der Waals surface area (Å²) in [5.41, 5.74) is 2.31. The number of hydrogen-bond donors (Lipinski definition) is 3. The molecule has 3 aliphatic rings. The van der Waals surface area contributed by atoms with Crippen molar-refractivity contribution in [3.63, 3.8) is 0 Å². The summed E-state index contributed by atoms with van der Waals surface area (Å²) in [6.07, 6.45) is 5.20. The van der Waals surface area contributed by atoms with Crippen molar-refractivity contribution in [1.82, 2.24) is 15.0 Å². The summed E-state index contributed by atoms with van der Waals surface area (Å²) < 4.78 is 35.0. The summed E-state index contributed by atoms with van der Waals surface area (Å²) >= 11 is 0. The lowest BCUT2D eigenvalue weighted by Gasteiger charge is -2.47. The van der Waals surface area contributed by atoms with E-state index in [9.17, 15) is 23.5 Å². The van der Waals surface area contributed by atoms with Crippen LogP contribution in [0.3, 0.4) is 0 Å². The number of benzene rings is 3. The molecule has 3 fully saturated rings. The molecule has 220 valence electrons. The van der Waals surface area contributed by atoms with Gasteiger partial charge in [-0.3, -0.25) is 9.59 Å². The Morgan fingerprint density at radius 1 is 0.909 bits per heavy atom. The smallest absolute Gasteiger partial charge is 0.308 e. The number of nitrogens with zero attached hydrogens (tertiary/aromatic N) is 2. The molecule has 44 heavy (non-hydrogen) atoms. The van der Waals surface area contributed by atoms with Gasteiger partial charge in [0.2, 0.25) is 5.43 Å². The summed E-state index contributed by atoms with van der Waals surface area (Å²) in [7, 11) is 0. The molecule has 0 spiro atoms. The number of anilines is 1. The SMILES string of the molecule is O=C(O)[C@H]1C2CCC(CC2)[C@@H]1Nc1cc(-c2ccc3c(=O)c4ccccc4oc3c2)nc(-c2c[nH]c3c(F)cc(F)cc23)n1. The average Bonchev–Trinajstić information content (AvgIpc) is 3.45. The van der Waals surface area contributed by atoms with Gasteiger partial charge >= 0.3 is 5.97 Å². The number of carboxylic acid groups (broad SMARTS) is 1. The van der Waals surface area contributed by atoms with Gasteiger partial charge in [-0.1, -0.05) is 18.2 Å². The Hall–Kier alpha value is -5.12. The lowest BCUT2D eigenvalue weighted by atomic mass is 9.61.